The van der Waals surface area contributed by atoms with Gasteiger partial charge in [-0.3, -0.25) is 9.59 Å². The van der Waals surface area contributed by atoms with Crippen molar-refractivity contribution in [1.82, 2.24) is 4.98 Å². The molecule has 0 aliphatic rings. The first-order valence-electron chi connectivity index (χ1n) is 5.85. The van der Waals surface area contributed by atoms with Crippen molar-refractivity contribution < 1.29 is 14.3 Å². The van der Waals surface area contributed by atoms with E-state index in [0.717, 1.165) is 4.88 Å². The van der Waals surface area contributed by atoms with E-state index in [0.29, 0.717) is 23.9 Å². The van der Waals surface area contributed by atoms with Gasteiger partial charge in [0.05, 0.1) is 7.11 Å². The third kappa shape index (κ3) is 4.83. The van der Waals surface area contributed by atoms with Gasteiger partial charge in [-0.15, -0.1) is 11.3 Å². The predicted octanol–water partition coefficient (Wildman–Crippen LogP) is 2.55. The van der Waals surface area contributed by atoms with Gasteiger partial charge in [0.25, 0.3) is 0 Å². The molecule has 0 unspecified atom stereocenters. The van der Waals surface area contributed by atoms with Crippen LogP contribution in [-0.2, 0) is 14.3 Å². The number of nitrogens with zero attached hydrogens (tertiary/aromatic N) is 1. The van der Waals surface area contributed by atoms with Crippen LogP contribution in [0.2, 0.25) is 0 Å². The molecule has 1 heterocycles. The van der Waals surface area contributed by atoms with Crippen molar-refractivity contribution in [3.05, 3.63) is 11.1 Å². The van der Waals surface area contributed by atoms with Crippen molar-refractivity contribution in [2.24, 2.45) is 0 Å². The largest absolute Gasteiger partial charge is 0.469 e. The zero-order valence-corrected chi connectivity index (χ0v) is 11.7. The Labute approximate surface area is 111 Å². The highest BCUT2D eigenvalue weighted by Gasteiger charge is 2.09. The second kappa shape index (κ2) is 7.10. The Balaban J connectivity index is 2.33. The fourth-order valence-electron chi connectivity index (χ4n) is 1.29. The van der Waals surface area contributed by atoms with Crippen LogP contribution in [0.3, 0.4) is 0 Å². The van der Waals surface area contributed by atoms with Crippen molar-refractivity contribution in [3.63, 3.8) is 0 Å². The van der Waals surface area contributed by atoms with E-state index in [-0.39, 0.29) is 18.3 Å². The van der Waals surface area contributed by atoms with Gasteiger partial charge in [0.1, 0.15) is 0 Å². The normalized spacial score (nSPS) is 10.4. The van der Waals surface area contributed by atoms with E-state index in [2.05, 4.69) is 28.9 Å². The van der Waals surface area contributed by atoms with Crippen molar-refractivity contribution in [2.75, 3.05) is 12.4 Å². The van der Waals surface area contributed by atoms with Crippen molar-refractivity contribution in [3.8, 4) is 0 Å². The highest BCUT2D eigenvalue weighted by atomic mass is 32.1. The average Bonchev–Trinajstić information content (AvgIpc) is 2.77. The Morgan fingerprint density at radius 2 is 2.17 bits per heavy atom. The average molecular weight is 270 g/mol. The van der Waals surface area contributed by atoms with Gasteiger partial charge < -0.3 is 10.1 Å². The lowest BCUT2D eigenvalue weighted by atomic mass is 10.2. The van der Waals surface area contributed by atoms with Gasteiger partial charge >= 0.3 is 5.97 Å². The molecule has 0 spiro atoms. The van der Waals surface area contributed by atoms with Crippen LogP contribution in [0.1, 0.15) is 43.9 Å². The number of rotatable bonds is 6. The van der Waals surface area contributed by atoms with E-state index in [1.807, 2.05) is 0 Å². The van der Waals surface area contributed by atoms with E-state index < -0.39 is 0 Å². The van der Waals surface area contributed by atoms with Gasteiger partial charge in [0.15, 0.2) is 5.13 Å². The molecule has 18 heavy (non-hydrogen) atoms. The summed E-state index contributed by atoms with van der Waals surface area (Å²) in [4.78, 5) is 27.7. The maximum Gasteiger partial charge on any atom is 0.305 e. The summed E-state index contributed by atoms with van der Waals surface area (Å²) < 4.78 is 4.50. The number of nitrogens with one attached hydrogen (secondary N) is 1. The van der Waals surface area contributed by atoms with Gasteiger partial charge in [-0.2, -0.15) is 0 Å². The van der Waals surface area contributed by atoms with E-state index in [4.69, 9.17) is 0 Å². The summed E-state index contributed by atoms with van der Waals surface area (Å²) in [6, 6.07) is 0. The van der Waals surface area contributed by atoms with E-state index >= 15 is 0 Å². The van der Waals surface area contributed by atoms with Crippen LogP contribution in [0.25, 0.3) is 0 Å². The topological polar surface area (TPSA) is 68.3 Å². The number of hydrogen-bond acceptors (Lipinski definition) is 5. The van der Waals surface area contributed by atoms with Gasteiger partial charge in [-0.25, -0.2) is 4.98 Å². The van der Waals surface area contributed by atoms with Crippen molar-refractivity contribution in [1.29, 1.82) is 0 Å². The van der Waals surface area contributed by atoms with Gasteiger partial charge in [0, 0.05) is 23.9 Å². The predicted molar refractivity (Wildman–Crippen MR) is 70.7 cm³/mol. The molecule has 0 bridgehead atoms. The summed E-state index contributed by atoms with van der Waals surface area (Å²) in [5.41, 5.74) is 0. The van der Waals surface area contributed by atoms with E-state index in [1.165, 1.54) is 18.4 Å². The summed E-state index contributed by atoms with van der Waals surface area (Å²) in [5, 5.41) is 3.34. The summed E-state index contributed by atoms with van der Waals surface area (Å²) in [7, 11) is 1.34. The lowest BCUT2D eigenvalue weighted by Gasteiger charge is -2.01. The molecule has 5 nitrogen and oxygen atoms in total. The van der Waals surface area contributed by atoms with Gasteiger partial charge in [-0.1, -0.05) is 13.8 Å². The molecule has 6 heteroatoms. The minimum atomic E-state index is -0.292. The molecular formula is C12H18N2O3S. The molecule has 0 aromatic carbocycles. The highest BCUT2D eigenvalue weighted by molar-refractivity contribution is 7.15. The maximum absolute atomic E-state index is 11.6. The molecule has 0 saturated carbocycles. The number of esters is 1. The van der Waals surface area contributed by atoms with Crippen LogP contribution >= 0.6 is 11.3 Å². The van der Waals surface area contributed by atoms with Crippen LogP contribution in [0.15, 0.2) is 6.20 Å². The lowest BCUT2D eigenvalue weighted by Crippen LogP contribution is -2.11. The van der Waals surface area contributed by atoms with Crippen LogP contribution in [0.5, 0.6) is 0 Å². The van der Waals surface area contributed by atoms with E-state index in [9.17, 15) is 9.59 Å². The molecule has 0 radical (unpaired) electrons. The minimum Gasteiger partial charge on any atom is -0.469 e. The number of aromatic nitrogens is 1. The van der Waals surface area contributed by atoms with Crippen LogP contribution in [-0.4, -0.2) is 24.0 Å². The molecule has 1 N–H and O–H groups in total. The van der Waals surface area contributed by atoms with Gasteiger partial charge in [0.2, 0.25) is 5.91 Å². The van der Waals surface area contributed by atoms with E-state index in [1.54, 1.807) is 6.20 Å². The SMILES string of the molecule is COC(=O)CCCC(=O)Nc1ncc(C(C)C)s1. The molecular weight excluding hydrogens is 252 g/mol. The third-order valence-electron chi connectivity index (χ3n) is 2.35. The molecule has 1 rings (SSSR count). The number of carbonyl (C=O) groups is 2. The fraction of sp³-hybridized carbons (Fsp3) is 0.583. The Bertz CT molecular complexity index is 415. The summed E-state index contributed by atoms with van der Waals surface area (Å²) >= 11 is 1.48. The third-order valence-corrected chi connectivity index (χ3v) is 3.56. The summed E-state index contributed by atoms with van der Waals surface area (Å²) in [5.74, 6) is -0.00446. The Kier molecular flexibility index (Phi) is 5.77. The number of carbonyl (C=O) groups excluding carboxylic acids is 2. The van der Waals surface area contributed by atoms with Crippen molar-refractivity contribution >= 4 is 28.3 Å². The summed E-state index contributed by atoms with van der Waals surface area (Å²) in [6.45, 7) is 4.16. The smallest absolute Gasteiger partial charge is 0.305 e. The molecule has 0 aliphatic heterocycles. The number of methoxy groups -OCH3 is 1. The first-order valence-corrected chi connectivity index (χ1v) is 6.67. The molecule has 1 amide bonds. The molecule has 100 valence electrons. The molecule has 0 atom stereocenters. The Morgan fingerprint density at radius 1 is 1.44 bits per heavy atom. The van der Waals surface area contributed by atoms with Gasteiger partial charge in [-0.05, 0) is 12.3 Å². The van der Waals surface area contributed by atoms with Crippen LogP contribution in [0, 0.1) is 0 Å². The van der Waals surface area contributed by atoms with Crippen LogP contribution in [0.4, 0.5) is 5.13 Å². The zero-order chi connectivity index (χ0) is 13.5. The quantitative estimate of drug-likeness (QED) is 0.807. The molecule has 0 fully saturated rings. The molecule has 0 saturated heterocycles. The molecule has 1 aromatic rings. The number of anilines is 1. The van der Waals surface area contributed by atoms with Crippen molar-refractivity contribution in [2.45, 2.75) is 39.0 Å². The second-order valence-corrected chi connectivity index (χ2v) is 5.26. The van der Waals surface area contributed by atoms with Crippen LogP contribution < -0.4 is 5.32 Å². The maximum atomic E-state index is 11.6. The fourth-order valence-corrected chi connectivity index (χ4v) is 2.12. The number of ether oxygens (including phenoxy) is 1. The zero-order valence-electron chi connectivity index (χ0n) is 10.9. The highest BCUT2D eigenvalue weighted by Crippen LogP contribution is 2.25. The number of hydrogen-bond donors (Lipinski definition) is 1. The molecule has 0 aliphatic carbocycles. The first-order chi connectivity index (χ1) is 8.52. The summed E-state index contributed by atoms with van der Waals surface area (Å²) in [6.07, 6.45) is 2.82. The minimum absolute atomic E-state index is 0.122. The monoisotopic (exact) mass is 270 g/mol. The number of amides is 1. The lowest BCUT2D eigenvalue weighted by molar-refractivity contribution is -0.140. The first kappa shape index (κ1) is 14.6. The Hall–Kier alpha value is -1.43. The Morgan fingerprint density at radius 3 is 2.72 bits per heavy atom. The second-order valence-electron chi connectivity index (χ2n) is 4.20. The molecule has 1 aromatic heterocycles. The number of thiazole rings is 1. The standard InChI is InChI=1S/C12H18N2O3S/c1-8(2)9-7-13-12(18-9)14-10(15)5-4-6-11(16)17-3/h7-8H,4-6H2,1-3H3,(H,13,14,15).